The van der Waals surface area contributed by atoms with Crippen molar-refractivity contribution in [3.8, 4) is 0 Å². The molecule has 0 radical (unpaired) electrons. The van der Waals surface area contributed by atoms with Gasteiger partial charge in [-0.3, -0.25) is 4.68 Å². The topological polar surface area (TPSA) is 17.8 Å². The third-order valence-corrected chi connectivity index (χ3v) is 5.02. The Morgan fingerprint density at radius 2 is 1.81 bits per heavy atom. The molecule has 0 aliphatic heterocycles. The fraction of sp³-hybridized carbons (Fsp3) is 0.500. The van der Waals surface area contributed by atoms with Crippen LogP contribution in [0.3, 0.4) is 0 Å². The molecule has 0 aliphatic carbocycles. The summed E-state index contributed by atoms with van der Waals surface area (Å²) < 4.78 is 2.14. The maximum atomic E-state index is 4.72. The molecule has 1 aromatic carbocycles. The van der Waals surface area contributed by atoms with E-state index in [1.807, 2.05) is 0 Å². The second kappa shape index (κ2) is 8.38. The summed E-state index contributed by atoms with van der Waals surface area (Å²) in [5.74, 6) is 0. The third kappa shape index (κ3) is 4.70. The maximum absolute atomic E-state index is 4.72. The van der Waals surface area contributed by atoms with Gasteiger partial charge in [-0.1, -0.05) is 60.1 Å². The van der Waals surface area contributed by atoms with E-state index in [2.05, 4.69) is 77.1 Å². The van der Waals surface area contributed by atoms with E-state index in [1.54, 1.807) is 0 Å². The Balaban J connectivity index is 1.81. The normalized spacial score (nSPS) is 12.8. The molecule has 1 aromatic heterocycles. The molecule has 0 amide bonds. The zero-order valence-electron chi connectivity index (χ0n) is 13.0. The average molecular weight is 349 g/mol. The van der Waals surface area contributed by atoms with Gasteiger partial charge in [0.05, 0.1) is 11.7 Å². The van der Waals surface area contributed by atoms with Crippen molar-refractivity contribution in [1.29, 1.82) is 0 Å². The van der Waals surface area contributed by atoms with E-state index >= 15 is 0 Å². The number of rotatable bonds is 8. The first-order chi connectivity index (χ1) is 10.2. The van der Waals surface area contributed by atoms with Crippen LogP contribution in [0.15, 0.2) is 42.6 Å². The minimum atomic E-state index is 0.444. The lowest BCUT2D eigenvalue weighted by molar-refractivity contribution is 0.425. The van der Waals surface area contributed by atoms with E-state index in [9.17, 15) is 0 Å². The maximum Gasteiger partial charge on any atom is 0.0624 e. The van der Waals surface area contributed by atoms with Gasteiger partial charge in [0.2, 0.25) is 0 Å². The highest BCUT2D eigenvalue weighted by Gasteiger charge is 2.09. The van der Waals surface area contributed by atoms with Crippen molar-refractivity contribution in [3.63, 3.8) is 0 Å². The van der Waals surface area contributed by atoms with E-state index in [4.69, 9.17) is 5.10 Å². The van der Waals surface area contributed by atoms with Crippen LogP contribution in [0.1, 0.15) is 61.7 Å². The SMILES string of the molecule is CCC(CC)n1ccc(CCCC(Br)c2ccccc2)n1. The highest BCUT2D eigenvalue weighted by Crippen LogP contribution is 2.28. The fourth-order valence-electron chi connectivity index (χ4n) is 2.67. The van der Waals surface area contributed by atoms with Gasteiger partial charge in [0.25, 0.3) is 0 Å². The minimum absolute atomic E-state index is 0.444. The van der Waals surface area contributed by atoms with E-state index in [1.165, 1.54) is 11.3 Å². The molecule has 0 saturated carbocycles. The Labute approximate surface area is 136 Å². The van der Waals surface area contributed by atoms with Crippen LogP contribution in [0.2, 0.25) is 0 Å². The fourth-order valence-corrected chi connectivity index (χ4v) is 3.30. The molecule has 21 heavy (non-hydrogen) atoms. The summed E-state index contributed by atoms with van der Waals surface area (Å²) in [7, 11) is 0. The number of hydrogen-bond acceptors (Lipinski definition) is 1. The van der Waals surface area contributed by atoms with Crippen molar-refractivity contribution in [2.75, 3.05) is 0 Å². The van der Waals surface area contributed by atoms with Gasteiger partial charge in [0.15, 0.2) is 0 Å². The second-order valence-electron chi connectivity index (χ2n) is 5.53. The van der Waals surface area contributed by atoms with Gasteiger partial charge in [0.1, 0.15) is 0 Å². The molecule has 0 saturated heterocycles. The molecule has 0 bridgehead atoms. The molecule has 2 rings (SSSR count). The third-order valence-electron chi connectivity index (χ3n) is 4.03. The standard InChI is InChI=1S/C18H25BrN2/c1-3-17(4-2)21-14-13-16(20-21)11-8-12-18(19)15-9-6-5-7-10-15/h5-7,9-10,13-14,17-18H,3-4,8,11-12H2,1-2H3. The molecule has 1 unspecified atom stereocenters. The number of benzene rings is 1. The lowest BCUT2D eigenvalue weighted by Crippen LogP contribution is -2.07. The number of alkyl halides is 1. The Hall–Kier alpha value is -1.09. The van der Waals surface area contributed by atoms with E-state index in [-0.39, 0.29) is 0 Å². The summed E-state index contributed by atoms with van der Waals surface area (Å²) in [6, 6.07) is 13.3. The molecule has 114 valence electrons. The second-order valence-corrected chi connectivity index (χ2v) is 6.63. The first kappa shape index (κ1) is 16.3. The van der Waals surface area contributed by atoms with Crippen LogP contribution in [-0.4, -0.2) is 9.78 Å². The quantitative estimate of drug-likeness (QED) is 0.559. The minimum Gasteiger partial charge on any atom is -0.269 e. The molecule has 1 atom stereocenters. The predicted octanol–water partition coefficient (Wildman–Crippen LogP) is 5.70. The Morgan fingerprint density at radius 3 is 2.48 bits per heavy atom. The average Bonchev–Trinajstić information content (AvgIpc) is 2.98. The predicted molar refractivity (Wildman–Crippen MR) is 92.9 cm³/mol. The largest absolute Gasteiger partial charge is 0.269 e. The summed E-state index contributed by atoms with van der Waals surface area (Å²) in [6.07, 6.45) is 7.79. The van der Waals surface area contributed by atoms with Crippen molar-refractivity contribution in [1.82, 2.24) is 9.78 Å². The summed E-state index contributed by atoms with van der Waals surface area (Å²) in [5, 5.41) is 4.72. The van der Waals surface area contributed by atoms with Crippen LogP contribution in [0.4, 0.5) is 0 Å². The number of aromatic nitrogens is 2. The number of halogens is 1. The zero-order chi connectivity index (χ0) is 15.1. The molecule has 0 fully saturated rings. The van der Waals surface area contributed by atoms with Crippen LogP contribution in [0.5, 0.6) is 0 Å². The van der Waals surface area contributed by atoms with Crippen LogP contribution >= 0.6 is 15.9 Å². The van der Waals surface area contributed by atoms with E-state index in [0.717, 1.165) is 32.1 Å². The summed E-state index contributed by atoms with van der Waals surface area (Å²) in [5.41, 5.74) is 2.58. The van der Waals surface area contributed by atoms with Gasteiger partial charge in [-0.25, -0.2) is 0 Å². The zero-order valence-corrected chi connectivity index (χ0v) is 14.6. The van der Waals surface area contributed by atoms with Crippen LogP contribution in [0.25, 0.3) is 0 Å². The molecule has 0 spiro atoms. The van der Waals surface area contributed by atoms with Crippen molar-refractivity contribution < 1.29 is 0 Å². The lowest BCUT2D eigenvalue weighted by atomic mass is 10.1. The van der Waals surface area contributed by atoms with Crippen molar-refractivity contribution in [2.24, 2.45) is 0 Å². The monoisotopic (exact) mass is 348 g/mol. The lowest BCUT2D eigenvalue weighted by Gasteiger charge is -2.12. The number of hydrogen-bond donors (Lipinski definition) is 0. The van der Waals surface area contributed by atoms with Crippen LogP contribution < -0.4 is 0 Å². The first-order valence-corrected chi connectivity index (χ1v) is 8.89. The summed E-state index contributed by atoms with van der Waals surface area (Å²) in [6.45, 7) is 4.45. The molecule has 0 N–H and O–H groups in total. The van der Waals surface area contributed by atoms with Gasteiger partial charge < -0.3 is 0 Å². The van der Waals surface area contributed by atoms with Gasteiger partial charge in [-0.15, -0.1) is 0 Å². The van der Waals surface area contributed by atoms with Crippen molar-refractivity contribution >= 4 is 15.9 Å². The van der Waals surface area contributed by atoms with Gasteiger partial charge >= 0.3 is 0 Å². The highest BCUT2D eigenvalue weighted by molar-refractivity contribution is 9.09. The van der Waals surface area contributed by atoms with E-state index in [0.29, 0.717) is 10.9 Å². The number of aryl methyl sites for hydroxylation is 1. The van der Waals surface area contributed by atoms with E-state index < -0.39 is 0 Å². The Kier molecular flexibility index (Phi) is 6.50. The summed E-state index contributed by atoms with van der Waals surface area (Å²) in [4.78, 5) is 0.444. The number of nitrogens with zero attached hydrogens (tertiary/aromatic N) is 2. The van der Waals surface area contributed by atoms with Gasteiger partial charge in [-0.2, -0.15) is 5.10 Å². The highest BCUT2D eigenvalue weighted by atomic mass is 79.9. The molecular formula is C18H25BrN2. The van der Waals surface area contributed by atoms with Crippen molar-refractivity contribution in [2.45, 2.75) is 56.8 Å². The molecule has 2 nitrogen and oxygen atoms in total. The molecule has 0 aliphatic rings. The molecule has 2 aromatic rings. The Morgan fingerprint density at radius 1 is 1.10 bits per heavy atom. The molecular weight excluding hydrogens is 324 g/mol. The first-order valence-electron chi connectivity index (χ1n) is 7.97. The van der Waals surface area contributed by atoms with Gasteiger partial charge in [-0.05, 0) is 43.7 Å². The Bertz CT molecular complexity index is 517. The molecule has 3 heteroatoms. The summed E-state index contributed by atoms with van der Waals surface area (Å²) >= 11 is 3.78. The molecule has 1 heterocycles. The van der Waals surface area contributed by atoms with Crippen molar-refractivity contribution in [3.05, 3.63) is 53.9 Å². The smallest absolute Gasteiger partial charge is 0.0624 e. The van der Waals surface area contributed by atoms with Crippen LogP contribution in [0, 0.1) is 0 Å². The van der Waals surface area contributed by atoms with Gasteiger partial charge in [0, 0.05) is 11.0 Å². The van der Waals surface area contributed by atoms with Crippen LogP contribution in [-0.2, 0) is 6.42 Å².